The van der Waals surface area contributed by atoms with Crippen molar-refractivity contribution in [1.82, 2.24) is 10.3 Å². The fraction of sp³-hybridized carbons (Fsp3) is 0.267. The molecule has 0 fully saturated rings. The molecule has 22 heavy (non-hydrogen) atoms. The molecule has 3 amide bonds. The van der Waals surface area contributed by atoms with E-state index in [4.69, 9.17) is 5.73 Å². The molecule has 0 aliphatic rings. The smallest absolute Gasteiger partial charge is 0.312 e. The number of rotatable bonds is 5. The Labute approximate surface area is 132 Å². The summed E-state index contributed by atoms with van der Waals surface area (Å²) < 4.78 is 0. The first-order valence-electron chi connectivity index (χ1n) is 6.89. The van der Waals surface area contributed by atoms with E-state index < -0.39 is 12.1 Å². The molecule has 0 radical (unpaired) electrons. The summed E-state index contributed by atoms with van der Waals surface area (Å²) in [6.07, 6.45) is 0.458. The number of aryl methyl sites for hydroxylation is 1. The third-order valence-electron chi connectivity index (χ3n) is 3.09. The lowest BCUT2D eigenvalue weighted by Gasteiger charge is -2.15. The minimum Gasteiger partial charge on any atom is -0.352 e. The van der Waals surface area contributed by atoms with Gasteiger partial charge in [-0.1, -0.05) is 19.1 Å². The lowest BCUT2D eigenvalue weighted by Crippen LogP contribution is -2.45. The molecule has 0 unspecified atom stereocenters. The van der Waals surface area contributed by atoms with E-state index in [-0.39, 0.29) is 5.91 Å². The van der Waals surface area contributed by atoms with Crippen molar-refractivity contribution in [1.29, 1.82) is 0 Å². The second kappa shape index (κ2) is 7.04. The average Bonchev–Trinajstić information content (AvgIpc) is 2.91. The van der Waals surface area contributed by atoms with Crippen LogP contribution in [0.2, 0.25) is 0 Å². The van der Waals surface area contributed by atoms with E-state index in [1.54, 1.807) is 24.3 Å². The number of benzene rings is 1. The van der Waals surface area contributed by atoms with Crippen molar-refractivity contribution >= 4 is 29.0 Å². The molecular formula is C15H18N4O2S. The Morgan fingerprint density at radius 1 is 1.41 bits per heavy atom. The van der Waals surface area contributed by atoms with Gasteiger partial charge < -0.3 is 16.4 Å². The molecule has 116 valence electrons. The zero-order valence-electron chi connectivity index (χ0n) is 12.4. The Morgan fingerprint density at radius 3 is 2.77 bits per heavy atom. The van der Waals surface area contributed by atoms with Gasteiger partial charge in [-0.25, -0.2) is 9.78 Å². The van der Waals surface area contributed by atoms with Gasteiger partial charge in [0, 0.05) is 16.6 Å². The van der Waals surface area contributed by atoms with Gasteiger partial charge >= 0.3 is 6.03 Å². The van der Waals surface area contributed by atoms with Crippen LogP contribution in [0.15, 0.2) is 29.6 Å². The second-order valence-electron chi connectivity index (χ2n) is 4.79. The maximum absolute atomic E-state index is 12.1. The molecule has 0 saturated heterocycles. The molecule has 2 rings (SSSR count). The molecule has 1 aromatic heterocycles. The largest absolute Gasteiger partial charge is 0.352 e. The lowest BCUT2D eigenvalue weighted by atomic mass is 10.1. The highest BCUT2D eigenvalue weighted by molar-refractivity contribution is 7.09. The summed E-state index contributed by atoms with van der Waals surface area (Å²) in [6.45, 7) is 3.75. The first kappa shape index (κ1) is 16.0. The molecular weight excluding hydrogens is 300 g/mol. The van der Waals surface area contributed by atoms with E-state index >= 15 is 0 Å². The average molecular weight is 318 g/mol. The minimum absolute atomic E-state index is 0.298. The van der Waals surface area contributed by atoms with Crippen LogP contribution in [0.25, 0.3) is 11.3 Å². The van der Waals surface area contributed by atoms with Crippen molar-refractivity contribution in [2.75, 3.05) is 5.32 Å². The van der Waals surface area contributed by atoms with Crippen LogP contribution < -0.4 is 16.4 Å². The summed E-state index contributed by atoms with van der Waals surface area (Å²) in [5.41, 5.74) is 7.52. The van der Waals surface area contributed by atoms with Crippen molar-refractivity contribution in [3.05, 3.63) is 34.7 Å². The number of hydrogen-bond donors (Lipinski definition) is 3. The minimum atomic E-state index is -0.714. The zero-order chi connectivity index (χ0) is 16.1. The summed E-state index contributed by atoms with van der Waals surface area (Å²) in [6, 6.07) is 6.06. The van der Waals surface area contributed by atoms with Crippen molar-refractivity contribution in [3.8, 4) is 11.3 Å². The number of aromatic nitrogens is 1. The number of thiazole rings is 1. The van der Waals surface area contributed by atoms with Gasteiger partial charge in [0.1, 0.15) is 6.04 Å². The van der Waals surface area contributed by atoms with Gasteiger partial charge in [-0.15, -0.1) is 11.3 Å². The Kier molecular flexibility index (Phi) is 5.11. The van der Waals surface area contributed by atoms with Crippen LogP contribution in [-0.2, 0) is 4.79 Å². The number of carbonyl (C=O) groups is 2. The number of nitrogens with one attached hydrogen (secondary N) is 2. The number of hydrogen-bond acceptors (Lipinski definition) is 4. The van der Waals surface area contributed by atoms with E-state index in [0.29, 0.717) is 12.1 Å². The number of nitrogens with two attached hydrogens (primary N) is 1. The van der Waals surface area contributed by atoms with Gasteiger partial charge in [0.15, 0.2) is 0 Å². The molecule has 4 N–H and O–H groups in total. The van der Waals surface area contributed by atoms with Crippen LogP contribution in [0.1, 0.15) is 18.4 Å². The van der Waals surface area contributed by atoms with Crippen LogP contribution in [0.5, 0.6) is 0 Å². The molecule has 0 spiro atoms. The van der Waals surface area contributed by atoms with Gasteiger partial charge in [0.25, 0.3) is 0 Å². The highest BCUT2D eigenvalue weighted by Gasteiger charge is 2.17. The first-order valence-corrected chi connectivity index (χ1v) is 7.77. The topological polar surface area (TPSA) is 97.1 Å². The Balaban J connectivity index is 2.13. The third-order valence-corrected chi connectivity index (χ3v) is 3.86. The number of carbonyl (C=O) groups excluding carboxylic acids is 2. The summed E-state index contributed by atoms with van der Waals surface area (Å²) >= 11 is 1.57. The van der Waals surface area contributed by atoms with Crippen molar-refractivity contribution < 1.29 is 9.59 Å². The van der Waals surface area contributed by atoms with Crippen molar-refractivity contribution in [2.45, 2.75) is 26.3 Å². The third kappa shape index (κ3) is 4.05. The van der Waals surface area contributed by atoms with E-state index in [9.17, 15) is 9.59 Å². The molecule has 0 aliphatic heterocycles. The van der Waals surface area contributed by atoms with E-state index in [1.807, 2.05) is 30.5 Å². The fourth-order valence-electron chi connectivity index (χ4n) is 2.01. The number of urea groups is 1. The van der Waals surface area contributed by atoms with Gasteiger partial charge in [-0.05, 0) is 25.5 Å². The molecule has 1 aromatic carbocycles. The first-order chi connectivity index (χ1) is 10.5. The second-order valence-corrected chi connectivity index (χ2v) is 5.85. The summed E-state index contributed by atoms with van der Waals surface area (Å²) in [4.78, 5) is 27.5. The van der Waals surface area contributed by atoms with Crippen molar-refractivity contribution in [2.24, 2.45) is 5.73 Å². The van der Waals surface area contributed by atoms with Gasteiger partial charge in [0.2, 0.25) is 5.91 Å². The molecule has 0 aliphatic carbocycles. The van der Waals surface area contributed by atoms with Gasteiger partial charge in [-0.3, -0.25) is 4.79 Å². The number of nitrogens with zero attached hydrogens (tertiary/aromatic N) is 1. The Hall–Kier alpha value is -2.41. The van der Waals surface area contributed by atoms with E-state index in [2.05, 4.69) is 15.6 Å². The number of anilines is 1. The van der Waals surface area contributed by atoms with Crippen molar-refractivity contribution in [3.63, 3.8) is 0 Å². The molecule has 0 saturated carbocycles. The summed E-state index contributed by atoms with van der Waals surface area (Å²) in [7, 11) is 0. The Bertz CT molecular complexity index is 684. The maximum atomic E-state index is 12.1. The quantitative estimate of drug-likeness (QED) is 0.790. The molecule has 0 bridgehead atoms. The zero-order valence-corrected chi connectivity index (χ0v) is 13.2. The van der Waals surface area contributed by atoms with Crippen LogP contribution in [0.3, 0.4) is 0 Å². The van der Waals surface area contributed by atoms with Crippen LogP contribution in [0.4, 0.5) is 10.5 Å². The molecule has 1 heterocycles. The molecule has 6 nitrogen and oxygen atoms in total. The fourth-order valence-corrected chi connectivity index (χ4v) is 2.63. The summed E-state index contributed by atoms with van der Waals surface area (Å²) in [5, 5.41) is 8.16. The highest BCUT2D eigenvalue weighted by atomic mass is 32.1. The monoisotopic (exact) mass is 318 g/mol. The highest BCUT2D eigenvalue weighted by Crippen LogP contribution is 2.24. The molecule has 2 aromatic rings. The van der Waals surface area contributed by atoms with Crippen LogP contribution in [0, 0.1) is 6.92 Å². The predicted molar refractivity (Wildman–Crippen MR) is 87.7 cm³/mol. The standard InChI is InChI=1S/C15H18N4O2S/c1-3-12(19-15(16)21)14(20)18-11-6-4-5-10(7-11)13-8-22-9(2)17-13/h4-8,12H,3H2,1-2H3,(H,18,20)(H3,16,19,21)/t12-/m0/s1. The number of primary amides is 1. The van der Waals surface area contributed by atoms with Gasteiger partial charge in [0.05, 0.1) is 10.7 Å². The normalized spacial score (nSPS) is 11.7. The predicted octanol–water partition coefficient (Wildman–Crippen LogP) is 2.50. The van der Waals surface area contributed by atoms with Gasteiger partial charge in [-0.2, -0.15) is 0 Å². The van der Waals surface area contributed by atoms with E-state index in [1.165, 1.54) is 0 Å². The van der Waals surface area contributed by atoms with Crippen LogP contribution in [-0.4, -0.2) is 23.0 Å². The SMILES string of the molecule is CC[C@H](NC(N)=O)C(=O)Nc1cccc(-c2csc(C)n2)c1. The lowest BCUT2D eigenvalue weighted by molar-refractivity contribution is -0.118. The summed E-state index contributed by atoms with van der Waals surface area (Å²) in [5.74, 6) is -0.298. The van der Waals surface area contributed by atoms with E-state index in [0.717, 1.165) is 16.3 Å². The van der Waals surface area contributed by atoms with Crippen LogP contribution >= 0.6 is 11.3 Å². The number of amides is 3. The Morgan fingerprint density at radius 2 is 2.18 bits per heavy atom. The molecule has 1 atom stereocenters. The maximum Gasteiger partial charge on any atom is 0.312 e. The molecule has 7 heteroatoms.